The molecule has 0 saturated carbocycles. The van der Waals surface area contributed by atoms with Gasteiger partial charge in [0.05, 0.1) is 7.11 Å². The molecule has 5 heteroatoms. The van der Waals surface area contributed by atoms with Crippen molar-refractivity contribution < 1.29 is 14.3 Å². The molecule has 84 valence electrons. The number of nitrogens with zero attached hydrogens (tertiary/aromatic N) is 1. The molecule has 1 atom stereocenters. The molecule has 0 saturated heterocycles. The van der Waals surface area contributed by atoms with Gasteiger partial charge in [-0.3, -0.25) is 0 Å². The highest BCUT2D eigenvalue weighted by Crippen LogP contribution is 2.23. The van der Waals surface area contributed by atoms with Crippen LogP contribution in [0.3, 0.4) is 0 Å². The molecular weight excluding hydrogens is 208 g/mol. The zero-order chi connectivity index (χ0) is 12.1. The van der Waals surface area contributed by atoms with Crippen LogP contribution >= 0.6 is 0 Å². The summed E-state index contributed by atoms with van der Waals surface area (Å²) < 4.78 is 9.85. The van der Waals surface area contributed by atoms with Crippen molar-refractivity contribution in [1.82, 2.24) is 0 Å². The number of anilines is 1. The molecule has 0 spiro atoms. The number of benzene rings is 1. The first-order valence-corrected chi connectivity index (χ1v) is 4.62. The Bertz CT molecular complexity index is 437. The van der Waals surface area contributed by atoms with Crippen LogP contribution in [0.5, 0.6) is 5.75 Å². The summed E-state index contributed by atoms with van der Waals surface area (Å²) >= 11 is 0. The number of hydrogen-bond donors (Lipinski definition) is 1. The van der Waals surface area contributed by atoms with Crippen LogP contribution in [0.15, 0.2) is 18.2 Å². The van der Waals surface area contributed by atoms with Gasteiger partial charge < -0.3 is 15.2 Å². The summed E-state index contributed by atoms with van der Waals surface area (Å²) in [6.07, 6.45) is -0.662. The quantitative estimate of drug-likeness (QED) is 0.613. The fourth-order valence-corrected chi connectivity index (χ4v) is 1.13. The minimum Gasteiger partial charge on any atom is -0.475 e. The van der Waals surface area contributed by atoms with Gasteiger partial charge in [0.2, 0.25) is 0 Å². The van der Waals surface area contributed by atoms with Gasteiger partial charge in [-0.05, 0) is 19.1 Å². The minimum absolute atomic E-state index is 0.249. The molecule has 0 heterocycles. The van der Waals surface area contributed by atoms with Crippen LogP contribution in [0.1, 0.15) is 17.3 Å². The van der Waals surface area contributed by atoms with Crippen LogP contribution in [0, 0.1) is 11.3 Å². The highest BCUT2D eigenvalue weighted by atomic mass is 16.5. The molecule has 16 heavy (non-hydrogen) atoms. The number of carbonyl (C=O) groups is 1. The Morgan fingerprint density at radius 2 is 2.25 bits per heavy atom. The normalized spacial score (nSPS) is 11.3. The number of nitriles is 1. The molecule has 5 nitrogen and oxygen atoms in total. The van der Waals surface area contributed by atoms with E-state index in [2.05, 4.69) is 4.74 Å². The number of esters is 1. The second-order valence-electron chi connectivity index (χ2n) is 3.14. The molecule has 1 aromatic rings. The highest BCUT2D eigenvalue weighted by molar-refractivity contribution is 5.93. The number of carbonyl (C=O) groups excluding carboxylic acids is 1. The van der Waals surface area contributed by atoms with Gasteiger partial charge >= 0.3 is 5.97 Å². The average Bonchev–Trinajstić information content (AvgIpc) is 2.28. The van der Waals surface area contributed by atoms with Crippen molar-refractivity contribution in [2.45, 2.75) is 13.0 Å². The van der Waals surface area contributed by atoms with E-state index in [1.54, 1.807) is 13.0 Å². The smallest absolute Gasteiger partial charge is 0.341 e. The van der Waals surface area contributed by atoms with Crippen LogP contribution in [-0.2, 0) is 4.74 Å². The van der Waals surface area contributed by atoms with E-state index in [0.717, 1.165) is 0 Å². The first-order chi connectivity index (χ1) is 7.58. The Morgan fingerprint density at radius 3 is 2.81 bits per heavy atom. The summed E-state index contributed by atoms with van der Waals surface area (Å²) in [4.78, 5) is 11.4. The summed E-state index contributed by atoms with van der Waals surface area (Å²) in [5.74, 6) is -0.277. The van der Waals surface area contributed by atoms with Crippen molar-refractivity contribution in [3.63, 3.8) is 0 Å². The van der Waals surface area contributed by atoms with E-state index < -0.39 is 12.1 Å². The molecule has 0 aromatic heterocycles. The van der Waals surface area contributed by atoms with Gasteiger partial charge in [0.1, 0.15) is 17.4 Å². The maximum Gasteiger partial charge on any atom is 0.341 e. The lowest BCUT2D eigenvalue weighted by Crippen LogP contribution is -2.12. The second-order valence-corrected chi connectivity index (χ2v) is 3.14. The van der Waals surface area contributed by atoms with Gasteiger partial charge in [0.15, 0.2) is 6.10 Å². The summed E-state index contributed by atoms with van der Waals surface area (Å²) in [5.41, 5.74) is 6.27. The molecule has 0 aliphatic carbocycles. The fraction of sp³-hybridized carbons (Fsp3) is 0.273. The molecule has 1 rings (SSSR count). The molecule has 0 amide bonds. The van der Waals surface area contributed by atoms with Crippen molar-refractivity contribution in [2.75, 3.05) is 12.8 Å². The number of nitrogen functional groups attached to an aromatic ring is 1. The zero-order valence-electron chi connectivity index (χ0n) is 9.06. The van der Waals surface area contributed by atoms with Crippen LogP contribution in [-0.4, -0.2) is 19.2 Å². The predicted octanol–water partition coefficient (Wildman–Crippen LogP) is 1.35. The minimum atomic E-state index is -0.662. The van der Waals surface area contributed by atoms with Crippen molar-refractivity contribution >= 4 is 11.7 Å². The largest absolute Gasteiger partial charge is 0.475 e. The monoisotopic (exact) mass is 220 g/mol. The number of hydrogen-bond acceptors (Lipinski definition) is 5. The van der Waals surface area contributed by atoms with E-state index in [1.807, 2.05) is 6.07 Å². The van der Waals surface area contributed by atoms with Crippen LogP contribution < -0.4 is 10.5 Å². The highest BCUT2D eigenvalue weighted by Gasteiger charge is 2.15. The molecular formula is C11H12N2O3. The fourth-order valence-electron chi connectivity index (χ4n) is 1.13. The second kappa shape index (κ2) is 5.03. The van der Waals surface area contributed by atoms with E-state index in [4.69, 9.17) is 15.7 Å². The van der Waals surface area contributed by atoms with Crippen molar-refractivity contribution in [2.24, 2.45) is 0 Å². The Labute approximate surface area is 93.4 Å². The lowest BCUT2D eigenvalue weighted by molar-refractivity contribution is 0.0595. The van der Waals surface area contributed by atoms with Crippen LogP contribution in [0.4, 0.5) is 5.69 Å². The zero-order valence-corrected chi connectivity index (χ0v) is 9.06. The SMILES string of the molecule is COC(=O)c1ccc(N)cc1OC(C)C#N. The summed E-state index contributed by atoms with van der Waals surface area (Å²) in [7, 11) is 1.27. The molecule has 0 aliphatic heterocycles. The maximum absolute atomic E-state index is 11.4. The lowest BCUT2D eigenvalue weighted by atomic mass is 10.2. The van der Waals surface area contributed by atoms with E-state index in [9.17, 15) is 4.79 Å². The lowest BCUT2D eigenvalue weighted by Gasteiger charge is -2.11. The van der Waals surface area contributed by atoms with E-state index >= 15 is 0 Å². The Kier molecular flexibility index (Phi) is 3.72. The van der Waals surface area contributed by atoms with Gasteiger partial charge in [0.25, 0.3) is 0 Å². The third kappa shape index (κ3) is 2.64. The Balaban J connectivity index is 3.09. The standard InChI is InChI=1S/C11H12N2O3/c1-7(6-12)16-10-5-8(13)3-4-9(10)11(14)15-2/h3-5,7H,13H2,1-2H3. The Morgan fingerprint density at radius 1 is 1.56 bits per heavy atom. The number of ether oxygens (including phenoxy) is 2. The van der Waals surface area contributed by atoms with Gasteiger partial charge in [-0.15, -0.1) is 0 Å². The molecule has 0 fully saturated rings. The topological polar surface area (TPSA) is 85.3 Å². The molecule has 1 aromatic carbocycles. The van der Waals surface area contributed by atoms with E-state index in [0.29, 0.717) is 5.69 Å². The number of methoxy groups -OCH3 is 1. The summed E-state index contributed by atoms with van der Waals surface area (Å²) in [6, 6.07) is 6.45. The summed E-state index contributed by atoms with van der Waals surface area (Å²) in [6.45, 7) is 1.57. The molecule has 0 radical (unpaired) electrons. The molecule has 1 unspecified atom stereocenters. The first-order valence-electron chi connectivity index (χ1n) is 4.62. The van der Waals surface area contributed by atoms with E-state index in [-0.39, 0.29) is 11.3 Å². The summed E-state index contributed by atoms with van der Waals surface area (Å²) in [5, 5.41) is 8.63. The Hall–Kier alpha value is -2.22. The van der Waals surface area contributed by atoms with Crippen LogP contribution in [0.25, 0.3) is 0 Å². The number of nitrogens with two attached hydrogens (primary N) is 1. The third-order valence-corrected chi connectivity index (χ3v) is 1.90. The first kappa shape index (κ1) is 11.9. The third-order valence-electron chi connectivity index (χ3n) is 1.90. The van der Waals surface area contributed by atoms with Crippen molar-refractivity contribution in [3.05, 3.63) is 23.8 Å². The van der Waals surface area contributed by atoms with Crippen molar-refractivity contribution in [1.29, 1.82) is 5.26 Å². The molecule has 0 aliphatic rings. The van der Waals surface area contributed by atoms with Crippen LogP contribution in [0.2, 0.25) is 0 Å². The van der Waals surface area contributed by atoms with Gasteiger partial charge in [-0.1, -0.05) is 0 Å². The van der Waals surface area contributed by atoms with Gasteiger partial charge in [-0.25, -0.2) is 4.79 Å². The maximum atomic E-state index is 11.4. The van der Waals surface area contributed by atoms with Crippen molar-refractivity contribution in [3.8, 4) is 11.8 Å². The number of rotatable bonds is 3. The predicted molar refractivity (Wildman–Crippen MR) is 57.9 cm³/mol. The van der Waals surface area contributed by atoms with E-state index in [1.165, 1.54) is 19.2 Å². The molecule has 0 bridgehead atoms. The molecule has 2 N–H and O–H groups in total. The average molecular weight is 220 g/mol. The van der Waals surface area contributed by atoms with Gasteiger partial charge in [0, 0.05) is 11.8 Å². The van der Waals surface area contributed by atoms with Gasteiger partial charge in [-0.2, -0.15) is 5.26 Å².